The van der Waals surface area contributed by atoms with Crippen LogP contribution in [0.15, 0.2) is 12.3 Å². The normalized spacial score (nSPS) is 10.8. The Bertz CT molecular complexity index is 354. The number of carbonyl (C=O) groups is 1. The predicted molar refractivity (Wildman–Crippen MR) is 52.2 cm³/mol. The highest BCUT2D eigenvalue weighted by molar-refractivity contribution is 5.92. The standard InChI is InChI=1S/C9H13F2N3O2/c1-13-7(2-3-12-13)9(16)14(4-5-15)6-8(10)11/h2-3,8,15H,4-6H2,1H3. The molecule has 1 amide bonds. The van der Waals surface area contributed by atoms with Crippen LogP contribution < -0.4 is 0 Å². The summed E-state index contributed by atoms with van der Waals surface area (Å²) >= 11 is 0. The number of halogens is 2. The molecule has 90 valence electrons. The smallest absolute Gasteiger partial charge is 0.272 e. The van der Waals surface area contributed by atoms with E-state index in [0.717, 1.165) is 4.90 Å². The molecule has 1 rings (SSSR count). The molecule has 5 nitrogen and oxygen atoms in total. The molecule has 0 aliphatic carbocycles. The molecule has 0 bridgehead atoms. The van der Waals surface area contributed by atoms with Gasteiger partial charge in [0.1, 0.15) is 5.69 Å². The lowest BCUT2D eigenvalue weighted by atomic mass is 10.3. The first-order valence-corrected chi connectivity index (χ1v) is 4.72. The summed E-state index contributed by atoms with van der Waals surface area (Å²) in [5, 5.41) is 12.5. The zero-order valence-corrected chi connectivity index (χ0v) is 8.81. The van der Waals surface area contributed by atoms with Gasteiger partial charge in [-0.25, -0.2) is 8.78 Å². The van der Waals surface area contributed by atoms with Crippen LogP contribution in [0.4, 0.5) is 8.78 Å². The Morgan fingerprint density at radius 3 is 2.81 bits per heavy atom. The molecule has 7 heteroatoms. The third-order valence-corrected chi connectivity index (χ3v) is 2.06. The van der Waals surface area contributed by atoms with Gasteiger partial charge in [-0.05, 0) is 6.07 Å². The summed E-state index contributed by atoms with van der Waals surface area (Å²) in [6.45, 7) is -1.16. The Morgan fingerprint density at radius 2 is 2.38 bits per heavy atom. The summed E-state index contributed by atoms with van der Waals surface area (Å²) in [5.41, 5.74) is 0.217. The van der Waals surface area contributed by atoms with Crippen LogP contribution >= 0.6 is 0 Å². The van der Waals surface area contributed by atoms with Crippen molar-refractivity contribution in [3.8, 4) is 0 Å². The van der Waals surface area contributed by atoms with Crippen LogP contribution in [0.2, 0.25) is 0 Å². The van der Waals surface area contributed by atoms with E-state index in [1.54, 1.807) is 7.05 Å². The number of carbonyl (C=O) groups excluding carboxylic acids is 1. The lowest BCUT2D eigenvalue weighted by molar-refractivity contribution is 0.0500. The summed E-state index contributed by atoms with van der Waals surface area (Å²) in [7, 11) is 1.55. The van der Waals surface area contributed by atoms with Crippen LogP contribution in [-0.4, -0.2) is 51.8 Å². The van der Waals surface area contributed by atoms with Crippen molar-refractivity contribution in [2.75, 3.05) is 19.7 Å². The van der Waals surface area contributed by atoms with Crippen molar-refractivity contribution in [2.45, 2.75) is 6.43 Å². The minimum Gasteiger partial charge on any atom is -0.395 e. The van der Waals surface area contributed by atoms with Gasteiger partial charge >= 0.3 is 0 Å². The molecule has 16 heavy (non-hydrogen) atoms. The number of aliphatic hydroxyl groups excluding tert-OH is 1. The number of nitrogens with zero attached hydrogens (tertiary/aromatic N) is 3. The molecular formula is C9H13F2N3O2. The number of aromatic nitrogens is 2. The molecule has 1 aromatic rings. The topological polar surface area (TPSA) is 58.4 Å². The Morgan fingerprint density at radius 1 is 1.69 bits per heavy atom. The van der Waals surface area contributed by atoms with Crippen molar-refractivity contribution >= 4 is 5.91 Å². The Labute approximate surface area is 91.3 Å². The van der Waals surface area contributed by atoms with Crippen molar-refractivity contribution < 1.29 is 18.7 Å². The molecular weight excluding hydrogens is 220 g/mol. The SMILES string of the molecule is Cn1nccc1C(=O)N(CCO)CC(F)F. The lowest BCUT2D eigenvalue weighted by Crippen LogP contribution is -2.38. The molecule has 0 fully saturated rings. The maximum absolute atomic E-state index is 12.2. The second-order valence-corrected chi connectivity index (χ2v) is 3.21. The van der Waals surface area contributed by atoms with Gasteiger partial charge in [-0.15, -0.1) is 0 Å². The van der Waals surface area contributed by atoms with Crippen LogP contribution in [0.5, 0.6) is 0 Å². The van der Waals surface area contributed by atoms with Gasteiger partial charge in [0.2, 0.25) is 0 Å². The summed E-state index contributed by atoms with van der Waals surface area (Å²) in [4.78, 5) is 12.7. The van der Waals surface area contributed by atoms with Crippen LogP contribution in [0.3, 0.4) is 0 Å². The maximum atomic E-state index is 12.2. The first-order chi connectivity index (χ1) is 7.56. The van der Waals surface area contributed by atoms with Gasteiger partial charge in [-0.3, -0.25) is 9.48 Å². The van der Waals surface area contributed by atoms with Crippen molar-refractivity contribution in [3.63, 3.8) is 0 Å². The molecule has 0 spiro atoms. The zero-order valence-electron chi connectivity index (χ0n) is 8.81. The Kier molecular flexibility index (Phi) is 4.36. The largest absolute Gasteiger partial charge is 0.395 e. The third-order valence-electron chi connectivity index (χ3n) is 2.06. The fourth-order valence-corrected chi connectivity index (χ4v) is 1.31. The molecule has 0 saturated heterocycles. The van der Waals surface area contributed by atoms with Gasteiger partial charge in [-0.2, -0.15) is 5.10 Å². The number of aryl methyl sites for hydroxylation is 1. The van der Waals surface area contributed by atoms with Crippen molar-refractivity contribution in [1.29, 1.82) is 0 Å². The van der Waals surface area contributed by atoms with E-state index in [2.05, 4.69) is 5.10 Å². The number of hydrogen-bond acceptors (Lipinski definition) is 3. The number of amides is 1. The number of aliphatic hydroxyl groups is 1. The Balaban J connectivity index is 2.78. The summed E-state index contributed by atoms with van der Waals surface area (Å²) in [6, 6.07) is 1.44. The van der Waals surface area contributed by atoms with E-state index >= 15 is 0 Å². The van der Waals surface area contributed by atoms with Gasteiger partial charge < -0.3 is 10.0 Å². The van der Waals surface area contributed by atoms with E-state index in [1.807, 2.05) is 0 Å². The molecule has 1 N–H and O–H groups in total. The third kappa shape index (κ3) is 2.99. The number of rotatable bonds is 5. The van der Waals surface area contributed by atoms with Gasteiger partial charge in [0.25, 0.3) is 12.3 Å². The van der Waals surface area contributed by atoms with E-state index in [1.165, 1.54) is 16.9 Å². The van der Waals surface area contributed by atoms with Gasteiger partial charge in [0, 0.05) is 19.8 Å². The highest BCUT2D eigenvalue weighted by Gasteiger charge is 2.21. The second kappa shape index (κ2) is 5.55. The quantitative estimate of drug-likeness (QED) is 0.785. The van der Waals surface area contributed by atoms with E-state index in [-0.39, 0.29) is 18.8 Å². The first-order valence-electron chi connectivity index (χ1n) is 4.72. The Hall–Kier alpha value is -1.50. The molecule has 1 aromatic heterocycles. The van der Waals surface area contributed by atoms with E-state index in [9.17, 15) is 13.6 Å². The van der Waals surface area contributed by atoms with E-state index in [4.69, 9.17) is 5.11 Å². The zero-order chi connectivity index (χ0) is 12.1. The fourth-order valence-electron chi connectivity index (χ4n) is 1.31. The van der Waals surface area contributed by atoms with E-state index in [0.29, 0.717) is 0 Å². The van der Waals surface area contributed by atoms with Crippen molar-refractivity contribution in [3.05, 3.63) is 18.0 Å². The fraction of sp³-hybridized carbons (Fsp3) is 0.556. The average Bonchev–Trinajstić information content (AvgIpc) is 2.62. The van der Waals surface area contributed by atoms with Gasteiger partial charge in [0.05, 0.1) is 13.2 Å². The number of alkyl halides is 2. The molecule has 0 unspecified atom stereocenters. The summed E-state index contributed by atoms with van der Waals surface area (Å²) in [6.07, 6.45) is -1.21. The molecule has 0 aliphatic rings. The van der Waals surface area contributed by atoms with Crippen molar-refractivity contribution in [1.82, 2.24) is 14.7 Å². The molecule has 0 saturated carbocycles. The van der Waals surface area contributed by atoms with Crippen LogP contribution in [0, 0.1) is 0 Å². The van der Waals surface area contributed by atoms with E-state index < -0.39 is 18.9 Å². The minimum atomic E-state index is -2.62. The number of hydrogen-bond donors (Lipinski definition) is 1. The second-order valence-electron chi connectivity index (χ2n) is 3.21. The highest BCUT2D eigenvalue weighted by atomic mass is 19.3. The van der Waals surface area contributed by atoms with Crippen molar-refractivity contribution in [2.24, 2.45) is 7.05 Å². The molecule has 0 atom stereocenters. The average molecular weight is 233 g/mol. The van der Waals surface area contributed by atoms with Crippen LogP contribution in [-0.2, 0) is 7.05 Å². The lowest BCUT2D eigenvalue weighted by Gasteiger charge is -2.20. The maximum Gasteiger partial charge on any atom is 0.272 e. The molecule has 0 aliphatic heterocycles. The van der Waals surface area contributed by atoms with Gasteiger partial charge in [0.15, 0.2) is 0 Å². The summed E-state index contributed by atoms with van der Waals surface area (Å²) < 4.78 is 25.7. The van der Waals surface area contributed by atoms with Crippen LogP contribution in [0.1, 0.15) is 10.5 Å². The van der Waals surface area contributed by atoms with Crippen LogP contribution in [0.25, 0.3) is 0 Å². The predicted octanol–water partition coefficient (Wildman–Crippen LogP) is 0.120. The molecule has 0 radical (unpaired) electrons. The van der Waals surface area contributed by atoms with Gasteiger partial charge in [-0.1, -0.05) is 0 Å². The molecule has 0 aromatic carbocycles. The minimum absolute atomic E-state index is 0.117. The molecule has 1 heterocycles. The summed E-state index contributed by atoms with van der Waals surface area (Å²) in [5.74, 6) is -0.561. The first kappa shape index (κ1) is 12.6. The highest BCUT2D eigenvalue weighted by Crippen LogP contribution is 2.06. The monoisotopic (exact) mass is 233 g/mol.